The molecule has 70 valence electrons. The molecule has 0 spiro atoms. The van der Waals surface area contributed by atoms with Crippen LogP contribution < -0.4 is 5.32 Å². The Morgan fingerprint density at radius 2 is 2.42 bits per heavy atom. The number of carbonyl (C=O) groups is 1. The summed E-state index contributed by atoms with van der Waals surface area (Å²) in [6.07, 6.45) is 1.81. The smallest absolute Gasteiger partial charge is 0.220 e. The molecule has 3 unspecified atom stereocenters. The summed E-state index contributed by atoms with van der Waals surface area (Å²) in [7, 11) is 1.71. The maximum atomic E-state index is 11.0. The second-order valence-corrected chi connectivity index (χ2v) is 3.41. The van der Waals surface area contributed by atoms with Gasteiger partial charge in [0.15, 0.2) is 0 Å². The number of hydrogen-bond donors (Lipinski definition) is 1. The number of hydrogen-bond acceptors (Lipinski definition) is 2. The molecule has 0 radical (unpaired) electrons. The molecule has 3 nitrogen and oxygen atoms in total. The zero-order valence-corrected chi connectivity index (χ0v) is 7.96. The van der Waals surface area contributed by atoms with Gasteiger partial charge in [0.05, 0.1) is 6.10 Å². The van der Waals surface area contributed by atoms with Crippen molar-refractivity contribution < 1.29 is 9.53 Å². The van der Waals surface area contributed by atoms with E-state index in [0.29, 0.717) is 12.3 Å². The van der Waals surface area contributed by atoms with Crippen molar-refractivity contribution in [2.24, 2.45) is 5.92 Å². The summed E-state index contributed by atoms with van der Waals surface area (Å²) in [5.74, 6) is 0.510. The van der Waals surface area contributed by atoms with Crippen LogP contribution in [0.3, 0.4) is 0 Å². The summed E-state index contributed by atoms with van der Waals surface area (Å²) in [6, 6.07) is 0.266. The topological polar surface area (TPSA) is 38.3 Å². The van der Waals surface area contributed by atoms with E-state index in [-0.39, 0.29) is 18.1 Å². The van der Waals surface area contributed by atoms with Gasteiger partial charge in [-0.25, -0.2) is 0 Å². The van der Waals surface area contributed by atoms with E-state index in [1.807, 2.05) is 6.92 Å². The summed E-state index contributed by atoms with van der Waals surface area (Å²) in [5, 5.41) is 2.90. The third kappa shape index (κ3) is 1.78. The first-order valence-corrected chi connectivity index (χ1v) is 4.51. The van der Waals surface area contributed by atoms with Crippen LogP contribution in [0.5, 0.6) is 0 Å². The maximum Gasteiger partial charge on any atom is 0.220 e. The van der Waals surface area contributed by atoms with Gasteiger partial charge >= 0.3 is 0 Å². The highest BCUT2D eigenvalue weighted by Crippen LogP contribution is 2.23. The average molecular weight is 171 g/mol. The van der Waals surface area contributed by atoms with E-state index in [9.17, 15) is 4.79 Å². The predicted molar refractivity (Wildman–Crippen MR) is 46.8 cm³/mol. The zero-order chi connectivity index (χ0) is 9.14. The average Bonchev–Trinajstić information content (AvgIpc) is 2.34. The molecule has 0 saturated carbocycles. The van der Waals surface area contributed by atoms with Gasteiger partial charge in [-0.2, -0.15) is 0 Å². The molecule has 1 N–H and O–H groups in total. The predicted octanol–water partition coefficient (Wildman–Crippen LogP) is 0.936. The van der Waals surface area contributed by atoms with Gasteiger partial charge in [-0.15, -0.1) is 0 Å². The first-order valence-electron chi connectivity index (χ1n) is 4.51. The Balaban J connectivity index is 2.55. The van der Waals surface area contributed by atoms with Gasteiger partial charge in [0, 0.05) is 25.5 Å². The largest absolute Gasteiger partial charge is 0.381 e. The van der Waals surface area contributed by atoms with E-state index in [1.54, 1.807) is 7.11 Å². The lowest BCUT2D eigenvalue weighted by atomic mass is 9.93. The normalized spacial score (nSPS) is 31.8. The van der Waals surface area contributed by atoms with Crippen molar-refractivity contribution in [2.45, 2.75) is 38.8 Å². The fraction of sp³-hybridized carbons (Fsp3) is 0.889. The molecule has 0 aromatic rings. The second kappa shape index (κ2) is 3.90. The van der Waals surface area contributed by atoms with Crippen LogP contribution in [0.25, 0.3) is 0 Å². The quantitative estimate of drug-likeness (QED) is 0.686. The molecule has 1 rings (SSSR count). The van der Waals surface area contributed by atoms with Gasteiger partial charge in [0.2, 0.25) is 5.91 Å². The summed E-state index contributed by atoms with van der Waals surface area (Å²) in [4.78, 5) is 11.0. The van der Waals surface area contributed by atoms with Gasteiger partial charge in [-0.1, -0.05) is 6.92 Å². The van der Waals surface area contributed by atoms with Crippen molar-refractivity contribution in [3.05, 3.63) is 0 Å². The highest BCUT2D eigenvalue weighted by Gasteiger charge is 2.34. The number of ether oxygens (including phenoxy) is 1. The van der Waals surface area contributed by atoms with E-state index >= 15 is 0 Å². The van der Waals surface area contributed by atoms with Crippen LogP contribution in [0.2, 0.25) is 0 Å². The molecule has 0 bridgehead atoms. The van der Waals surface area contributed by atoms with E-state index in [4.69, 9.17) is 4.74 Å². The standard InChI is InChI=1S/C9H17NO2/c1-4-8(12-3)7-5-9(11)10-6(7)2/h6-8H,4-5H2,1-3H3,(H,10,11). The Morgan fingerprint density at radius 3 is 2.75 bits per heavy atom. The summed E-state index contributed by atoms with van der Waals surface area (Å²) in [5.41, 5.74) is 0. The van der Waals surface area contributed by atoms with Gasteiger partial charge < -0.3 is 10.1 Å². The number of carbonyl (C=O) groups excluding carboxylic acids is 1. The van der Waals surface area contributed by atoms with Crippen LogP contribution in [-0.4, -0.2) is 25.2 Å². The molecule has 1 amide bonds. The number of nitrogens with one attached hydrogen (secondary N) is 1. The monoisotopic (exact) mass is 171 g/mol. The Kier molecular flexibility index (Phi) is 3.09. The van der Waals surface area contributed by atoms with Gasteiger partial charge in [-0.05, 0) is 13.3 Å². The summed E-state index contributed by atoms with van der Waals surface area (Å²) >= 11 is 0. The molecular formula is C9H17NO2. The van der Waals surface area contributed by atoms with Gasteiger partial charge in [-0.3, -0.25) is 4.79 Å². The number of amides is 1. The molecule has 3 heteroatoms. The Bertz CT molecular complexity index is 166. The van der Waals surface area contributed by atoms with E-state index in [1.165, 1.54) is 0 Å². The summed E-state index contributed by atoms with van der Waals surface area (Å²) < 4.78 is 5.31. The first-order chi connectivity index (χ1) is 5.69. The van der Waals surface area contributed by atoms with Crippen LogP contribution >= 0.6 is 0 Å². The molecule has 12 heavy (non-hydrogen) atoms. The fourth-order valence-corrected chi connectivity index (χ4v) is 1.91. The minimum Gasteiger partial charge on any atom is -0.381 e. The maximum absolute atomic E-state index is 11.0. The van der Waals surface area contributed by atoms with Crippen molar-refractivity contribution in [3.63, 3.8) is 0 Å². The second-order valence-electron chi connectivity index (χ2n) is 3.41. The minimum atomic E-state index is 0.156. The molecule has 1 aliphatic rings. The molecule has 0 aromatic carbocycles. The third-order valence-corrected chi connectivity index (χ3v) is 2.63. The van der Waals surface area contributed by atoms with Crippen LogP contribution in [0, 0.1) is 5.92 Å². The highest BCUT2D eigenvalue weighted by atomic mass is 16.5. The van der Waals surface area contributed by atoms with Crippen molar-refractivity contribution in [1.29, 1.82) is 0 Å². The molecule has 1 saturated heterocycles. The van der Waals surface area contributed by atoms with Crippen LogP contribution in [0.1, 0.15) is 26.7 Å². The third-order valence-electron chi connectivity index (χ3n) is 2.63. The molecular weight excluding hydrogens is 154 g/mol. The molecule has 0 aliphatic carbocycles. The highest BCUT2D eigenvalue weighted by molar-refractivity contribution is 5.79. The Morgan fingerprint density at radius 1 is 1.75 bits per heavy atom. The van der Waals surface area contributed by atoms with Gasteiger partial charge in [0.1, 0.15) is 0 Å². The molecule has 1 heterocycles. The molecule has 1 fully saturated rings. The molecule has 0 aromatic heterocycles. The SMILES string of the molecule is CCC(OC)C1CC(=O)NC1C. The van der Waals surface area contributed by atoms with Crippen molar-refractivity contribution in [1.82, 2.24) is 5.32 Å². The minimum absolute atomic E-state index is 0.156. The lowest BCUT2D eigenvalue weighted by Crippen LogP contribution is -2.32. The Labute approximate surface area is 73.5 Å². The zero-order valence-electron chi connectivity index (χ0n) is 7.96. The Hall–Kier alpha value is -0.570. The lowest BCUT2D eigenvalue weighted by Gasteiger charge is -2.22. The van der Waals surface area contributed by atoms with Crippen molar-refractivity contribution in [2.75, 3.05) is 7.11 Å². The molecule has 3 atom stereocenters. The van der Waals surface area contributed by atoms with Crippen LogP contribution in [-0.2, 0) is 9.53 Å². The molecule has 1 aliphatic heterocycles. The van der Waals surface area contributed by atoms with E-state index in [0.717, 1.165) is 6.42 Å². The lowest BCUT2D eigenvalue weighted by molar-refractivity contribution is -0.119. The number of rotatable bonds is 3. The van der Waals surface area contributed by atoms with Crippen LogP contribution in [0.4, 0.5) is 0 Å². The van der Waals surface area contributed by atoms with Crippen molar-refractivity contribution in [3.8, 4) is 0 Å². The van der Waals surface area contributed by atoms with Crippen molar-refractivity contribution >= 4 is 5.91 Å². The first kappa shape index (κ1) is 9.52. The van der Waals surface area contributed by atoms with E-state index in [2.05, 4.69) is 12.2 Å². The number of methoxy groups -OCH3 is 1. The van der Waals surface area contributed by atoms with Gasteiger partial charge in [0.25, 0.3) is 0 Å². The van der Waals surface area contributed by atoms with E-state index < -0.39 is 0 Å². The fourth-order valence-electron chi connectivity index (χ4n) is 1.91. The summed E-state index contributed by atoms with van der Waals surface area (Å²) in [6.45, 7) is 4.13. The van der Waals surface area contributed by atoms with Crippen LogP contribution in [0.15, 0.2) is 0 Å².